The molecule has 0 aliphatic rings. The van der Waals surface area contributed by atoms with Crippen molar-refractivity contribution in [1.82, 2.24) is 0 Å². The van der Waals surface area contributed by atoms with Gasteiger partial charge in [0.25, 0.3) is 0 Å². The number of unbranched alkanes of at least 4 members (excludes halogenated alkanes) is 3. The molecule has 1 nitrogen and oxygen atoms in total. The monoisotopic (exact) mass is 296 g/mol. The van der Waals surface area contributed by atoms with Gasteiger partial charge in [-0.1, -0.05) is 0 Å². The first-order valence-corrected chi connectivity index (χ1v) is 4.13. The predicted molar refractivity (Wildman–Crippen MR) is 31.4 cm³/mol. The van der Waals surface area contributed by atoms with E-state index in [4.69, 9.17) is 0 Å². The van der Waals surface area contributed by atoms with Gasteiger partial charge in [0.2, 0.25) is 0 Å². The van der Waals surface area contributed by atoms with Crippen molar-refractivity contribution in [1.29, 1.82) is 0 Å². The summed E-state index contributed by atoms with van der Waals surface area (Å²) in [6, 6.07) is 0. The maximum atomic E-state index is 3.95. The summed E-state index contributed by atoms with van der Waals surface area (Å²) in [6.07, 6.45) is 5.30. The number of hydrogen-bond donors (Lipinski definition) is 0. The normalized spacial score (nSPS) is 9.38. The second-order valence-electron chi connectivity index (χ2n) is 1.88. The third-order valence-electron chi connectivity index (χ3n) is 1.08. The average molecular weight is 296 g/mol. The van der Waals surface area contributed by atoms with Crippen LogP contribution in [0, 0.1) is 0 Å². The molecule has 0 amide bonds. The Hall–Kier alpha value is 0.540. The quantitative estimate of drug-likeness (QED) is 0.545. The molecule has 0 atom stereocenters. The fourth-order valence-electron chi connectivity index (χ4n) is 0.586. The Morgan fingerprint density at radius 3 is 2.50 bits per heavy atom. The summed E-state index contributed by atoms with van der Waals surface area (Å²) >= 11 is 2.22. The number of nitrogens with zero attached hydrogens (tertiary/aromatic N) is 1. The zero-order valence-corrected chi connectivity index (χ0v) is 7.45. The van der Waals surface area contributed by atoms with E-state index in [-0.39, 0.29) is 0 Å². The van der Waals surface area contributed by atoms with Crippen molar-refractivity contribution in [3.05, 3.63) is 0 Å². The van der Waals surface area contributed by atoms with E-state index in [2.05, 4.69) is 31.2 Å². The van der Waals surface area contributed by atoms with Crippen molar-refractivity contribution in [2.75, 3.05) is 6.54 Å². The molecule has 0 aromatic carbocycles. The van der Waals surface area contributed by atoms with E-state index in [1.807, 2.05) is 0 Å². The van der Waals surface area contributed by atoms with Gasteiger partial charge in [-0.25, -0.2) is 0 Å². The van der Waals surface area contributed by atoms with Crippen LogP contribution in [0.3, 0.4) is 0 Å². The topological polar surface area (TPSA) is 12.4 Å². The van der Waals surface area contributed by atoms with E-state index in [0.717, 1.165) is 6.54 Å². The average Bonchev–Trinajstić information content (AvgIpc) is 1.81. The van der Waals surface area contributed by atoms with Gasteiger partial charge in [0.1, 0.15) is 0 Å². The van der Waals surface area contributed by atoms with E-state index < -0.39 is 0 Å². The first kappa shape index (κ1) is 8.54. The summed E-state index contributed by atoms with van der Waals surface area (Å²) in [7, 11) is 0. The summed E-state index contributed by atoms with van der Waals surface area (Å²) in [5.74, 6) is 0. The predicted octanol–water partition coefficient (Wildman–Crippen LogP) is 2.30. The molecule has 0 aliphatic heterocycles. The van der Waals surface area contributed by atoms with Crippen LogP contribution < -0.4 is 0 Å². The van der Waals surface area contributed by atoms with Crippen molar-refractivity contribution < 1.29 is 20.9 Å². The van der Waals surface area contributed by atoms with E-state index in [9.17, 15) is 0 Å². The van der Waals surface area contributed by atoms with Crippen LogP contribution in [0.1, 0.15) is 32.6 Å². The van der Waals surface area contributed by atoms with E-state index in [0.29, 0.717) is 0 Å². The summed E-state index contributed by atoms with van der Waals surface area (Å²) in [5.41, 5.74) is 0. The first-order chi connectivity index (χ1) is 3.91. The molecule has 0 fully saturated rings. The molecule has 0 saturated carbocycles. The van der Waals surface area contributed by atoms with Crippen LogP contribution in [0.25, 0.3) is 0 Å². The molecule has 0 bridgehead atoms. The molecule has 0 aliphatic carbocycles. The maximum absolute atomic E-state index is 3.95. The van der Waals surface area contributed by atoms with Crippen LogP contribution >= 0.6 is 0 Å². The van der Waals surface area contributed by atoms with Crippen LogP contribution in [0.15, 0.2) is 3.34 Å². The van der Waals surface area contributed by atoms with Crippen molar-refractivity contribution >= 4 is 0 Å². The second kappa shape index (κ2) is 7.54. The molecular weight excluding hydrogens is 283 g/mol. The minimum absolute atomic E-state index is 1.03. The Morgan fingerprint density at radius 1 is 1.25 bits per heavy atom. The molecule has 0 N–H and O–H groups in total. The number of rotatable bonds is 5. The summed E-state index contributed by atoms with van der Waals surface area (Å²) in [4.78, 5) is 0. The Kier molecular flexibility index (Phi) is 8.05. The molecule has 0 rings (SSSR count). The third kappa shape index (κ3) is 6.54. The molecular formula is C6H13AuN. The summed E-state index contributed by atoms with van der Waals surface area (Å²) in [6.45, 7) is 3.25. The van der Waals surface area contributed by atoms with E-state index >= 15 is 0 Å². The summed E-state index contributed by atoms with van der Waals surface area (Å²) in [5, 5.41) is 0. The van der Waals surface area contributed by atoms with Gasteiger partial charge in [-0.3, -0.25) is 0 Å². The van der Waals surface area contributed by atoms with Crippen LogP contribution in [-0.2, 0) is 20.9 Å². The Morgan fingerprint density at radius 2 is 2.00 bits per heavy atom. The van der Waals surface area contributed by atoms with Gasteiger partial charge in [-0.2, -0.15) is 0 Å². The van der Waals surface area contributed by atoms with E-state index in [1.165, 1.54) is 25.7 Å². The molecule has 8 heavy (non-hydrogen) atoms. The standard InChI is InChI=1S/C6H13N.Au/c1-2-3-4-5-6-7;/h2-6H2,1H3;. The van der Waals surface area contributed by atoms with Crippen LogP contribution in [0.4, 0.5) is 0 Å². The molecule has 0 unspecified atom stereocenters. The Balaban J connectivity index is 2.62. The Labute approximate surface area is 63.7 Å². The third-order valence-corrected chi connectivity index (χ3v) is 1.56. The van der Waals surface area contributed by atoms with Gasteiger partial charge in [0, 0.05) is 0 Å². The van der Waals surface area contributed by atoms with E-state index in [1.54, 1.807) is 0 Å². The molecule has 53 valence electrons. The fraction of sp³-hybridized carbons (Fsp3) is 1.00. The zero-order chi connectivity index (χ0) is 6.24. The van der Waals surface area contributed by atoms with Gasteiger partial charge in [0.05, 0.1) is 0 Å². The van der Waals surface area contributed by atoms with Crippen LogP contribution in [-0.4, -0.2) is 6.54 Å². The van der Waals surface area contributed by atoms with Gasteiger partial charge in [-0.15, -0.1) is 0 Å². The summed E-state index contributed by atoms with van der Waals surface area (Å²) < 4.78 is 3.95. The number of hydrogen-bond acceptors (Lipinski definition) is 1. The van der Waals surface area contributed by atoms with Gasteiger partial charge < -0.3 is 0 Å². The van der Waals surface area contributed by atoms with Crippen LogP contribution in [0.2, 0.25) is 0 Å². The van der Waals surface area contributed by atoms with Gasteiger partial charge in [0.15, 0.2) is 0 Å². The van der Waals surface area contributed by atoms with Crippen molar-refractivity contribution in [2.45, 2.75) is 32.6 Å². The Bertz CT molecular complexity index is 54.5. The minimum atomic E-state index is 1.03. The molecule has 0 heterocycles. The van der Waals surface area contributed by atoms with Gasteiger partial charge >= 0.3 is 63.4 Å². The molecule has 0 aromatic heterocycles. The fourth-order valence-corrected chi connectivity index (χ4v) is 0.929. The van der Waals surface area contributed by atoms with Crippen molar-refractivity contribution in [3.8, 4) is 0 Å². The molecule has 2 heteroatoms. The van der Waals surface area contributed by atoms with Crippen LogP contribution in [0.5, 0.6) is 0 Å². The molecule has 0 radical (unpaired) electrons. The SMILES string of the molecule is CCCCCC[N]=[Au]. The molecule has 0 spiro atoms. The van der Waals surface area contributed by atoms with Gasteiger partial charge in [-0.05, 0) is 0 Å². The van der Waals surface area contributed by atoms with Crippen molar-refractivity contribution in [3.63, 3.8) is 0 Å². The van der Waals surface area contributed by atoms with Crippen molar-refractivity contribution in [2.24, 2.45) is 3.34 Å². The second-order valence-corrected chi connectivity index (χ2v) is 2.56. The molecule has 0 saturated heterocycles. The molecule has 0 aromatic rings. The first-order valence-electron chi connectivity index (χ1n) is 3.16. The zero-order valence-electron chi connectivity index (χ0n) is 5.28.